The van der Waals surface area contributed by atoms with Gasteiger partial charge in [0.2, 0.25) is 0 Å². The SMILES string of the molecule is CCCC[N+](C)(C)CCCN1c2ccccc2[S+]([O-])c2ccc(Cl)cc21.[Br-]. The van der Waals surface area contributed by atoms with Crippen LogP contribution in [0, 0.1) is 0 Å². The molecule has 0 radical (unpaired) electrons. The molecule has 1 aliphatic rings. The zero-order valence-corrected chi connectivity index (χ0v) is 19.4. The zero-order chi connectivity index (χ0) is 18.7. The van der Waals surface area contributed by atoms with Gasteiger partial charge >= 0.3 is 0 Å². The highest BCUT2D eigenvalue weighted by Crippen LogP contribution is 2.44. The van der Waals surface area contributed by atoms with Gasteiger partial charge in [-0.3, -0.25) is 0 Å². The van der Waals surface area contributed by atoms with E-state index >= 15 is 0 Å². The van der Waals surface area contributed by atoms with Gasteiger partial charge in [0.1, 0.15) is 0 Å². The molecule has 1 heterocycles. The molecule has 0 N–H and O–H groups in total. The van der Waals surface area contributed by atoms with Crippen LogP contribution in [-0.4, -0.2) is 42.8 Å². The molecular weight excluding hydrogens is 444 g/mol. The Morgan fingerprint density at radius 3 is 2.41 bits per heavy atom. The monoisotopic (exact) mass is 470 g/mol. The Bertz CT molecular complexity index is 772. The summed E-state index contributed by atoms with van der Waals surface area (Å²) < 4.78 is 14.0. The molecule has 6 heteroatoms. The second-order valence-electron chi connectivity index (χ2n) is 7.59. The van der Waals surface area contributed by atoms with Gasteiger partial charge in [0.15, 0.2) is 9.79 Å². The van der Waals surface area contributed by atoms with Crippen molar-refractivity contribution in [1.82, 2.24) is 0 Å². The number of benzene rings is 2. The van der Waals surface area contributed by atoms with Crippen molar-refractivity contribution < 1.29 is 26.0 Å². The zero-order valence-electron chi connectivity index (χ0n) is 16.3. The molecule has 0 saturated carbocycles. The number of hydrogen-bond acceptors (Lipinski definition) is 2. The quantitative estimate of drug-likeness (QED) is 0.457. The van der Waals surface area contributed by atoms with E-state index in [4.69, 9.17) is 11.6 Å². The molecular formula is C21H28BrClN2OS. The first kappa shape index (κ1) is 22.6. The average Bonchev–Trinajstić information content (AvgIpc) is 2.62. The van der Waals surface area contributed by atoms with Crippen molar-refractivity contribution in [2.45, 2.75) is 36.0 Å². The van der Waals surface area contributed by atoms with Crippen LogP contribution in [-0.2, 0) is 11.2 Å². The van der Waals surface area contributed by atoms with E-state index in [-0.39, 0.29) is 17.0 Å². The first-order chi connectivity index (χ1) is 12.4. The lowest BCUT2D eigenvalue weighted by atomic mass is 10.2. The summed E-state index contributed by atoms with van der Waals surface area (Å²) in [6.45, 7) is 5.47. The minimum atomic E-state index is -1.15. The summed E-state index contributed by atoms with van der Waals surface area (Å²) in [6.07, 6.45) is 3.57. The summed E-state index contributed by atoms with van der Waals surface area (Å²) in [7, 11) is 4.61. The fourth-order valence-electron chi connectivity index (χ4n) is 3.54. The van der Waals surface area contributed by atoms with Gasteiger partial charge in [-0.15, -0.1) is 0 Å². The van der Waals surface area contributed by atoms with Crippen molar-refractivity contribution in [3.63, 3.8) is 0 Å². The van der Waals surface area contributed by atoms with Gasteiger partial charge in [-0.1, -0.05) is 37.1 Å². The van der Waals surface area contributed by atoms with Crippen LogP contribution >= 0.6 is 11.6 Å². The Morgan fingerprint density at radius 1 is 1.00 bits per heavy atom. The molecule has 0 fully saturated rings. The lowest BCUT2D eigenvalue weighted by Gasteiger charge is -2.34. The number of unbranched alkanes of at least 4 members (excludes halogenated alkanes) is 1. The Morgan fingerprint density at radius 2 is 1.67 bits per heavy atom. The molecule has 0 aromatic heterocycles. The molecule has 2 aromatic rings. The highest BCUT2D eigenvalue weighted by atomic mass is 79.9. The standard InChI is InChI=1S/C21H28ClN2OS.BrH/c1-4-5-14-24(2,3)15-8-13-23-18-9-6-7-10-20(18)26(25)21-12-11-17(22)16-19(21)23;/h6-7,9-12,16H,4-5,8,13-15H2,1-3H3;1H/q+1;/p-1. The second kappa shape index (κ2) is 9.66. The van der Waals surface area contributed by atoms with Crippen LogP contribution in [0.4, 0.5) is 11.4 Å². The van der Waals surface area contributed by atoms with Crippen LogP contribution < -0.4 is 21.9 Å². The molecule has 3 rings (SSSR count). The van der Waals surface area contributed by atoms with Crippen LogP contribution in [0.25, 0.3) is 0 Å². The van der Waals surface area contributed by atoms with E-state index in [1.165, 1.54) is 19.4 Å². The van der Waals surface area contributed by atoms with Crippen LogP contribution in [0.3, 0.4) is 0 Å². The number of rotatable bonds is 7. The lowest BCUT2D eigenvalue weighted by Crippen LogP contribution is -3.00. The third-order valence-corrected chi connectivity index (χ3v) is 6.75. The third kappa shape index (κ3) is 5.21. The Kier molecular flexibility index (Phi) is 8.07. The van der Waals surface area contributed by atoms with E-state index < -0.39 is 11.2 Å². The van der Waals surface area contributed by atoms with Gasteiger partial charge in [0.05, 0.1) is 38.6 Å². The van der Waals surface area contributed by atoms with Crippen molar-refractivity contribution in [3.8, 4) is 0 Å². The summed E-state index contributed by atoms with van der Waals surface area (Å²) in [6, 6.07) is 13.7. The topological polar surface area (TPSA) is 26.3 Å². The van der Waals surface area contributed by atoms with E-state index in [9.17, 15) is 4.55 Å². The van der Waals surface area contributed by atoms with Gasteiger partial charge in [0.25, 0.3) is 0 Å². The van der Waals surface area contributed by atoms with Gasteiger partial charge in [-0.25, -0.2) is 0 Å². The first-order valence-electron chi connectivity index (χ1n) is 9.33. The average molecular weight is 472 g/mol. The summed E-state index contributed by atoms with van der Waals surface area (Å²) in [5.41, 5.74) is 2.02. The van der Waals surface area contributed by atoms with E-state index in [0.29, 0.717) is 5.02 Å². The van der Waals surface area contributed by atoms with E-state index in [2.05, 4.69) is 32.0 Å². The minimum absolute atomic E-state index is 0. The van der Waals surface area contributed by atoms with Gasteiger partial charge in [-0.2, -0.15) is 0 Å². The molecule has 0 spiro atoms. The summed E-state index contributed by atoms with van der Waals surface area (Å²) >= 11 is 5.10. The molecule has 2 aromatic carbocycles. The number of hydrogen-bond donors (Lipinski definition) is 0. The fraction of sp³-hybridized carbons (Fsp3) is 0.429. The normalized spacial score (nSPS) is 15.7. The van der Waals surface area contributed by atoms with Crippen molar-refractivity contribution in [3.05, 3.63) is 47.5 Å². The second-order valence-corrected chi connectivity index (χ2v) is 9.44. The predicted molar refractivity (Wildman–Crippen MR) is 111 cm³/mol. The van der Waals surface area contributed by atoms with E-state index in [1.54, 1.807) is 0 Å². The summed E-state index contributed by atoms with van der Waals surface area (Å²) in [5.74, 6) is 0. The minimum Gasteiger partial charge on any atom is -1.00 e. The lowest BCUT2D eigenvalue weighted by molar-refractivity contribution is -0.890. The molecule has 0 bridgehead atoms. The van der Waals surface area contributed by atoms with Crippen LogP contribution in [0.15, 0.2) is 52.3 Å². The van der Waals surface area contributed by atoms with Crippen molar-refractivity contribution >= 4 is 34.2 Å². The third-order valence-electron chi connectivity index (χ3n) is 5.03. The predicted octanol–water partition coefficient (Wildman–Crippen LogP) is 2.23. The molecule has 0 saturated heterocycles. The summed E-state index contributed by atoms with van der Waals surface area (Å²) in [5, 5.41) is 0.684. The molecule has 3 nitrogen and oxygen atoms in total. The van der Waals surface area contributed by atoms with Crippen molar-refractivity contribution in [2.75, 3.05) is 38.6 Å². The van der Waals surface area contributed by atoms with Crippen LogP contribution in [0.1, 0.15) is 26.2 Å². The molecule has 148 valence electrons. The van der Waals surface area contributed by atoms with E-state index in [0.717, 1.165) is 45.2 Å². The Labute approximate surface area is 181 Å². The van der Waals surface area contributed by atoms with Crippen molar-refractivity contribution in [2.24, 2.45) is 0 Å². The number of quaternary nitrogens is 1. The highest BCUT2D eigenvalue weighted by Gasteiger charge is 2.33. The molecule has 0 aliphatic carbocycles. The van der Waals surface area contributed by atoms with Gasteiger partial charge in [0, 0.05) is 29.2 Å². The first-order valence-corrected chi connectivity index (χ1v) is 10.9. The number of halogens is 2. The van der Waals surface area contributed by atoms with Gasteiger partial charge in [-0.05, 0) is 36.8 Å². The smallest absolute Gasteiger partial charge is 0.182 e. The number of fused-ring (bicyclic) bond motifs is 2. The molecule has 27 heavy (non-hydrogen) atoms. The Hall–Kier alpha value is -0.720. The molecule has 0 amide bonds. The van der Waals surface area contributed by atoms with Gasteiger partial charge < -0.3 is 30.9 Å². The molecule has 1 unspecified atom stereocenters. The number of para-hydroxylation sites is 1. The molecule has 1 atom stereocenters. The van der Waals surface area contributed by atoms with Crippen LogP contribution in [0.2, 0.25) is 5.02 Å². The largest absolute Gasteiger partial charge is 1.00 e. The Balaban J connectivity index is 0.00000261. The molecule has 1 aliphatic heterocycles. The van der Waals surface area contributed by atoms with E-state index in [1.807, 2.05) is 36.4 Å². The maximum atomic E-state index is 13.0. The van der Waals surface area contributed by atoms with Crippen LogP contribution in [0.5, 0.6) is 0 Å². The number of anilines is 2. The summed E-state index contributed by atoms with van der Waals surface area (Å²) in [4.78, 5) is 4.03. The maximum absolute atomic E-state index is 13.0. The van der Waals surface area contributed by atoms with Crippen molar-refractivity contribution in [1.29, 1.82) is 0 Å². The maximum Gasteiger partial charge on any atom is 0.182 e. The highest BCUT2D eigenvalue weighted by molar-refractivity contribution is 7.92. The fourth-order valence-corrected chi connectivity index (χ4v) is 5.06. The number of nitrogens with zero attached hydrogens (tertiary/aromatic N) is 2.